The zero-order chi connectivity index (χ0) is 35.7. The summed E-state index contributed by atoms with van der Waals surface area (Å²) in [5, 5.41) is 12.0. The molecule has 0 fully saturated rings. The predicted octanol–water partition coefficient (Wildman–Crippen LogP) is 12.4. The van der Waals surface area contributed by atoms with Crippen molar-refractivity contribution < 1.29 is 0 Å². The third kappa shape index (κ3) is 6.06. The molecule has 0 aliphatic carbocycles. The molecule has 0 N–H and O–H groups in total. The molecule has 0 aliphatic rings. The fourth-order valence-electron chi connectivity index (χ4n) is 7.48. The van der Waals surface area contributed by atoms with Crippen molar-refractivity contribution in [2.75, 3.05) is 4.90 Å². The van der Waals surface area contributed by atoms with Crippen LogP contribution in [0, 0.1) is 5.92 Å². The Balaban J connectivity index is 1.09. The van der Waals surface area contributed by atoms with E-state index in [1.807, 2.05) is 6.07 Å². The van der Waals surface area contributed by atoms with Crippen LogP contribution in [0.3, 0.4) is 0 Å². The second-order valence-electron chi connectivity index (χ2n) is 13.9. The molecule has 0 saturated heterocycles. The Kier molecular flexibility index (Phi) is 8.37. The Morgan fingerprint density at radius 1 is 0.434 bits per heavy atom. The average molecular weight is 686 g/mol. The summed E-state index contributed by atoms with van der Waals surface area (Å²) in [7, 11) is 0. The molecule has 5 nitrogen and oxygen atoms in total. The van der Waals surface area contributed by atoms with Crippen LogP contribution in [0.25, 0.3) is 56.0 Å². The Morgan fingerprint density at radius 3 is 1.42 bits per heavy atom. The van der Waals surface area contributed by atoms with Gasteiger partial charge in [0, 0.05) is 50.3 Å². The number of rotatable bonds is 9. The van der Waals surface area contributed by atoms with Gasteiger partial charge in [-0.05, 0) is 103 Å². The minimum Gasteiger partial charge on any atom is -0.311 e. The summed E-state index contributed by atoms with van der Waals surface area (Å²) in [6.07, 6.45) is 1.05. The first-order chi connectivity index (χ1) is 26.1. The van der Waals surface area contributed by atoms with Gasteiger partial charge in [-0.3, -0.25) is 4.57 Å². The van der Waals surface area contributed by atoms with Gasteiger partial charge in [0.25, 0.3) is 0 Å². The van der Waals surface area contributed by atoms with Crippen molar-refractivity contribution in [1.82, 2.24) is 19.3 Å². The molecule has 0 spiro atoms. The van der Waals surface area contributed by atoms with E-state index >= 15 is 0 Å². The molecule has 2 aromatic heterocycles. The van der Waals surface area contributed by atoms with Crippen molar-refractivity contribution in [2.45, 2.75) is 20.3 Å². The van der Waals surface area contributed by atoms with E-state index in [0.717, 1.165) is 57.6 Å². The van der Waals surface area contributed by atoms with Gasteiger partial charge >= 0.3 is 0 Å². The Bertz CT molecular complexity index is 2580. The monoisotopic (exact) mass is 685 g/mol. The number of hydrogen-bond donors (Lipinski definition) is 0. The quantitative estimate of drug-likeness (QED) is 0.152. The van der Waals surface area contributed by atoms with E-state index in [9.17, 15) is 0 Å². The van der Waals surface area contributed by atoms with Gasteiger partial charge in [-0.1, -0.05) is 111 Å². The lowest BCUT2D eigenvalue weighted by Crippen LogP contribution is -2.10. The van der Waals surface area contributed by atoms with Crippen molar-refractivity contribution in [3.63, 3.8) is 0 Å². The lowest BCUT2D eigenvalue weighted by molar-refractivity contribution is 0.647. The second-order valence-corrected chi connectivity index (χ2v) is 13.9. The van der Waals surface area contributed by atoms with Gasteiger partial charge in [-0.25, -0.2) is 0 Å². The summed E-state index contributed by atoms with van der Waals surface area (Å²) >= 11 is 0. The number of para-hydroxylation sites is 4. The molecule has 0 saturated carbocycles. The number of aromatic nitrogens is 4. The van der Waals surface area contributed by atoms with E-state index in [-0.39, 0.29) is 0 Å². The minimum absolute atomic E-state index is 0.604. The van der Waals surface area contributed by atoms with Crippen LogP contribution in [-0.4, -0.2) is 19.3 Å². The highest BCUT2D eigenvalue weighted by atomic mass is 15.3. The summed E-state index contributed by atoms with van der Waals surface area (Å²) in [5.74, 6) is 2.22. The Morgan fingerprint density at radius 2 is 0.868 bits per heavy atom. The van der Waals surface area contributed by atoms with Crippen molar-refractivity contribution in [1.29, 1.82) is 0 Å². The maximum Gasteiger partial charge on any atom is 0.168 e. The van der Waals surface area contributed by atoms with Crippen molar-refractivity contribution in [3.8, 4) is 34.2 Å². The summed E-state index contributed by atoms with van der Waals surface area (Å²) in [6.45, 7) is 4.50. The van der Waals surface area contributed by atoms with Crippen LogP contribution in [0.4, 0.5) is 17.1 Å². The molecular weight excluding hydrogens is 647 g/mol. The lowest BCUT2D eigenvalue weighted by Gasteiger charge is -2.26. The standard InChI is InChI=1S/C48H39N5/c1-34(2)33-35-21-23-36(24-22-35)47-49-50-48(53(47)39-15-7-4-8-16-39)37-25-27-40(28-26-37)51(38-13-5-3-6-14-38)41-29-31-42(32-30-41)52-45-19-11-9-17-43(45)44-18-10-12-20-46(44)52/h3-32,34H,33H2,1-2H3. The van der Waals surface area contributed by atoms with E-state index in [1.54, 1.807) is 0 Å². The molecule has 256 valence electrons. The van der Waals surface area contributed by atoms with E-state index in [4.69, 9.17) is 10.2 Å². The maximum atomic E-state index is 4.78. The highest BCUT2D eigenvalue weighted by Gasteiger charge is 2.19. The molecule has 0 amide bonds. The molecule has 0 unspecified atom stereocenters. The normalized spacial score (nSPS) is 11.5. The number of anilines is 3. The first-order valence-corrected chi connectivity index (χ1v) is 18.3. The molecule has 0 bridgehead atoms. The topological polar surface area (TPSA) is 38.9 Å². The highest BCUT2D eigenvalue weighted by Crippen LogP contribution is 2.38. The lowest BCUT2D eigenvalue weighted by atomic mass is 10.0. The second kappa shape index (κ2) is 13.8. The zero-order valence-corrected chi connectivity index (χ0v) is 29.8. The molecule has 2 heterocycles. The van der Waals surface area contributed by atoms with Crippen LogP contribution in [-0.2, 0) is 6.42 Å². The molecule has 9 rings (SSSR count). The van der Waals surface area contributed by atoms with E-state index < -0.39 is 0 Å². The first-order valence-electron chi connectivity index (χ1n) is 18.3. The van der Waals surface area contributed by atoms with Gasteiger partial charge in [0.15, 0.2) is 11.6 Å². The van der Waals surface area contributed by atoms with Gasteiger partial charge in [0.1, 0.15) is 0 Å². The van der Waals surface area contributed by atoms with Gasteiger partial charge in [-0.15, -0.1) is 10.2 Å². The van der Waals surface area contributed by atoms with Crippen LogP contribution in [0.5, 0.6) is 0 Å². The molecule has 0 atom stereocenters. The van der Waals surface area contributed by atoms with Gasteiger partial charge in [-0.2, -0.15) is 0 Å². The predicted molar refractivity (Wildman–Crippen MR) is 220 cm³/mol. The molecule has 9 aromatic rings. The van der Waals surface area contributed by atoms with Gasteiger partial charge in [0.05, 0.1) is 11.0 Å². The molecular formula is C48H39N5. The summed E-state index contributed by atoms with van der Waals surface area (Å²) < 4.78 is 4.52. The minimum atomic E-state index is 0.604. The van der Waals surface area contributed by atoms with E-state index in [2.05, 4.69) is 204 Å². The third-order valence-electron chi connectivity index (χ3n) is 9.88. The van der Waals surface area contributed by atoms with Crippen molar-refractivity contribution in [2.24, 2.45) is 5.92 Å². The van der Waals surface area contributed by atoms with Crippen molar-refractivity contribution in [3.05, 3.63) is 188 Å². The van der Waals surface area contributed by atoms with Crippen LogP contribution in [0.1, 0.15) is 19.4 Å². The number of hydrogen-bond acceptors (Lipinski definition) is 3. The van der Waals surface area contributed by atoms with Crippen LogP contribution < -0.4 is 4.90 Å². The third-order valence-corrected chi connectivity index (χ3v) is 9.88. The Labute approximate surface area is 310 Å². The Hall–Kier alpha value is -6.72. The highest BCUT2D eigenvalue weighted by molar-refractivity contribution is 6.09. The summed E-state index contributed by atoms with van der Waals surface area (Å²) in [4.78, 5) is 2.30. The van der Waals surface area contributed by atoms with Gasteiger partial charge in [0.2, 0.25) is 0 Å². The SMILES string of the molecule is CC(C)Cc1ccc(-c2nnc(-c3ccc(N(c4ccccc4)c4ccc(-n5c6ccccc6c6ccccc65)cc4)cc3)n2-c2ccccc2)cc1. The van der Waals surface area contributed by atoms with Crippen LogP contribution in [0.2, 0.25) is 0 Å². The van der Waals surface area contributed by atoms with Crippen molar-refractivity contribution >= 4 is 38.9 Å². The molecule has 53 heavy (non-hydrogen) atoms. The zero-order valence-electron chi connectivity index (χ0n) is 29.8. The van der Waals surface area contributed by atoms with Gasteiger partial charge < -0.3 is 9.47 Å². The first kappa shape index (κ1) is 32.2. The van der Waals surface area contributed by atoms with Crippen LogP contribution in [0.15, 0.2) is 182 Å². The molecule has 7 aromatic carbocycles. The molecule has 0 radical (unpaired) electrons. The fourth-order valence-corrected chi connectivity index (χ4v) is 7.48. The summed E-state index contributed by atoms with van der Waals surface area (Å²) in [6, 6.07) is 64.4. The van der Waals surface area contributed by atoms with E-state index in [1.165, 1.54) is 27.4 Å². The smallest absolute Gasteiger partial charge is 0.168 e. The maximum absolute atomic E-state index is 4.78. The molecule has 0 aliphatic heterocycles. The number of fused-ring (bicyclic) bond motifs is 3. The fraction of sp³-hybridized carbons (Fsp3) is 0.0833. The number of benzene rings is 7. The molecule has 5 heteroatoms. The number of nitrogens with zero attached hydrogens (tertiary/aromatic N) is 5. The largest absolute Gasteiger partial charge is 0.311 e. The summed E-state index contributed by atoms with van der Waals surface area (Å²) in [5.41, 5.74) is 11.1. The average Bonchev–Trinajstić information content (AvgIpc) is 3.80. The van der Waals surface area contributed by atoms with Crippen LogP contribution >= 0.6 is 0 Å². The van der Waals surface area contributed by atoms with E-state index in [0.29, 0.717) is 5.92 Å².